The van der Waals surface area contributed by atoms with Crippen molar-refractivity contribution in [1.82, 2.24) is 0 Å². The summed E-state index contributed by atoms with van der Waals surface area (Å²) in [6.45, 7) is 3.90. The zero-order valence-corrected chi connectivity index (χ0v) is 6.09. The fraction of sp³-hybridized carbons (Fsp3) is 0.750. The van der Waals surface area contributed by atoms with Crippen molar-refractivity contribution in [2.45, 2.75) is 32.8 Å². The van der Waals surface area contributed by atoms with Crippen molar-refractivity contribution >= 4 is 0 Å². The van der Waals surface area contributed by atoms with Crippen LogP contribution in [0, 0.1) is 18.3 Å². The van der Waals surface area contributed by atoms with E-state index in [1.807, 2.05) is 13.8 Å². The summed E-state index contributed by atoms with van der Waals surface area (Å²) < 4.78 is 0. The van der Waals surface area contributed by atoms with Gasteiger partial charge in [-0.25, -0.2) is 0 Å². The van der Waals surface area contributed by atoms with Gasteiger partial charge in [0.25, 0.3) is 0 Å². The number of aliphatic hydroxyl groups excluding tert-OH is 1. The first kappa shape index (κ1) is 8.52. The molecule has 0 heterocycles. The normalized spacial score (nSPS) is 16.2. The van der Waals surface area contributed by atoms with Gasteiger partial charge in [-0.2, -0.15) is 0 Å². The van der Waals surface area contributed by atoms with E-state index in [-0.39, 0.29) is 12.0 Å². The molecular weight excluding hydrogens is 112 g/mol. The molecule has 2 unspecified atom stereocenters. The quantitative estimate of drug-likeness (QED) is 0.567. The van der Waals surface area contributed by atoms with E-state index in [2.05, 4.69) is 5.92 Å². The van der Waals surface area contributed by atoms with Gasteiger partial charge in [0.15, 0.2) is 0 Å². The summed E-state index contributed by atoms with van der Waals surface area (Å²) in [6.07, 6.45) is 6.59. The Hall–Kier alpha value is -0.480. The summed E-state index contributed by atoms with van der Waals surface area (Å²) in [5.41, 5.74) is 0. The predicted molar refractivity (Wildman–Crippen MR) is 38.9 cm³/mol. The first-order valence-electron chi connectivity index (χ1n) is 3.36. The third-order valence-corrected chi connectivity index (χ3v) is 1.42. The molecule has 0 amide bonds. The highest BCUT2D eigenvalue weighted by Gasteiger charge is 2.08. The number of hydrogen-bond donors (Lipinski definition) is 1. The van der Waals surface area contributed by atoms with E-state index in [4.69, 9.17) is 6.42 Å². The molecule has 0 aliphatic carbocycles. The molecule has 0 fully saturated rings. The Morgan fingerprint density at radius 1 is 1.67 bits per heavy atom. The minimum Gasteiger partial charge on any atom is -0.392 e. The van der Waals surface area contributed by atoms with Crippen LogP contribution in [-0.2, 0) is 0 Å². The molecule has 2 atom stereocenters. The maximum atomic E-state index is 9.18. The smallest absolute Gasteiger partial charge is 0.0674 e. The first-order chi connectivity index (χ1) is 4.22. The lowest BCUT2D eigenvalue weighted by molar-refractivity contribution is 0.131. The molecule has 52 valence electrons. The molecule has 0 spiro atoms. The maximum absolute atomic E-state index is 9.18. The van der Waals surface area contributed by atoms with Gasteiger partial charge in [0.05, 0.1) is 6.10 Å². The molecule has 1 N–H and O–H groups in total. The van der Waals surface area contributed by atoms with Crippen LogP contribution in [0.5, 0.6) is 0 Å². The number of aliphatic hydroxyl groups is 1. The van der Waals surface area contributed by atoms with Crippen LogP contribution in [0.4, 0.5) is 0 Å². The average molecular weight is 126 g/mol. The van der Waals surface area contributed by atoms with Crippen LogP contribution in [0.25, 0.3) is 0 Å². The van der Waals surface area contributed by atoms with E-state index in [9.17, 15) is 5.11 Å². The van der Waals surface area contributed by atoms with Crippen LogP contribution >= 0.6 is 0 Å². The van der Waals surface area contributed by atoms with Crippen LogP contribution in [0.3, 0.4) is 0 Å². The van der Waals surface area contributed by atoms with Crippen molar-refractivity contribution in [3.63, 3.8) is 0 Å². The van der Waals surface area contributed by atoms with Gasteiger partial charge in [-0.3, -0.25) is 0 Å². The van der Waals surface area contributed by atoms with Gasteiger partial charge in [0.2, 0.25) is 0 Å². The number of rotatable bonds is 3. The largest absolute Gasteiger partial charge is 0.392 e. The molecule has 0 aromatic rings. The second-order valence-electron chi connectivity index (χ2n) is 2.31. The molecule has 1 nitrogen and oxygen atoms in total. The van der Waals surface area contributed by atoms with E-state index < -0.39 is 0 Å². The molecule has 0 aromatic carbocycles. The summed E-state index contributed by atoms with van der Waals surface area (Å²) in [4.78, 5) is 0. The van der Waals surface area contributed by atoms with Crippen molar-refractivity contribution in [1.29, 1.82) is 0 Å². The SMILES string of the molecule is C#CC(C)C(O)CCC. The van der Waals surface area contributed by atoms with Crippen molar-refractivity contribution in [2.24, 2.45) is 5.92 Å². The van der Waals surface area contributed by atoms with Gasteiger partial charge < -0.3 is 5.11 Å². The zero-order valence-electron chi connectivity index (χ0n) is 6.09. The third kappa shape index (κ3) is 3.16. The second kappa shape index (κ2) is 4.40. The highest BCUT2D eigenvalue weighted by Crippen LogP contribution is 2.06. The highest BCUT2D eigenvalue weighted by atomic mass is 16.3. The van der Waals surface area contributed by atoms with Crippen molar-refractivity contribution in [3.05, 3.63) is 0 Å². The highest BCUT2D eigenvalue weighted by molar-refractivity contribution is 4.93. The molecule has 0 bridgehead atoms. The lowest BCUT2D eigenvalue weighted by Gasteiger charge is -2.10. The van der Waals surface area contributed by atoms with Crippen molar-refractivity contribution < 1.29 is 5.11 Å². The average Bonchev–Trinajstić information content (AvgIpc) is 1.87. The molecule has 0 saturated heterocycles. The van der Waals surface area contributed by atoms with Crippen molar-refractivity contribution in [2.75, 3.05) is 0 Å². The van der Waals surface area contributed by atoms with Crippen molar-refractivity contribution in [3.8, 4) is 12.3 Å². The van der Waals surface area contributed by atoms with E-state index in [1.54, 1.807) is 0 Å². The molecule has 0 rings (SSSR count). The third-order valence-electron chi connectivity index (χ3n) is 1.42. The van der Waals surface area contributed by atoms with Crippen LogP contribution < -0.4 is 0 Å². The van der Waals surface area contributed by atoms with E-state index in [1.165, 1.54) is 0 Å². The van der Waals surface area contributed by atoms with Gasteiger partial charge in [-0.05, 0) is 13.3 Å². The summed E-state index contributed by atoms with van der Waals surface area (Å²) in [7, 11) is 0. The Morgan fingerprint density at radius 3 is 2.56 bits per heavy atom. The zero-order chi connectivity index (χ0) is 7.28. The lowest BCUT2D eigenvalue weighted by atomic mass is 10.0. The van der Waals surface area contributed by atoms with Gasteiger partial charge in [-0.15, -0.1) is 12.3 Å². The van der Waals surface area contributed by atoms with E-state index in [0.29, 0.717) is 0 Å². The second-order valence-corrected chi connectivity index (χ2v) is 2.31. The van der Waals surface area contributed by atoms with Crippen LogP contribution in [-0.4, -0.2) is 11.2 Å². The Morgan fingerprint density at radius 2 is 2.22 bits per heavy atom. The summed E-state index contributed by atoms with van der Waals surface area (Å²) in [6, 6.07) is 0. The van der Waals surface area contributed by atoms with Gasteiger partial charge >= 0.3 is 0 Å². The Balaban J connectivity index is 3.48. The molecule has 0 aromatic heterocycles. The van der Waals surface area contributed by atoms with Gasteiger partial charge in [0, 0.05) is 5.92 Å². The Bertz CT molecular complexity index is 102. The predicted octanol–water partition coefficient (Wildman–Crippen LogP) is 1.42. The molecular formula is C8H14O. The van der Waals surface area contributed by atoms with E-state index in [0.717, 1.165) is 12.8 Å². The molecule has 0 aliphatic heterocycles. The summed E-state index contributed by atoms with van der Waals surface area (Å²) in [5.74, 6) is 2.50. The van der Waals surface area contributed by atoms with Gasteiger partial charge in [0.1, 0.15) is 0 Å². The summed E-state index contributed by atoms with van der Waals surface area (Å²) in [5, 5.41) is 9.18. The fourth-order valence-electron chi connectivity index (χ4n) is 0.657. The molecule has 9 heavy (non-hydrogen) atoms. The molecule has 0 radical (unpaired) electrons. The van der Waals surface area contributed by atoms with Gasteiger partial charge in [-0.1, -0.05) is 13.3 Å². The number of terminal acetylenes is 1. The fourth-order valence-corrected chi connectivity index (χ4v) is 0.657. The van der Waals surface area contributed by atoms with Crippen LogP contribution in [0.1, 0.15) is 26.7 Å². The molecule has 0 aliphatic rings. The standard InChI is InChI=1S/C8H14O/c1-4-6-8(9)7(3)5-2/h2,7-9H,4,6H2,1,3H3. The van der Waals surface area contributed by atoms with Crippen LogP contribution in [0.2, 0.25) is 0 Å². The topological polar surface area (TPSA) is 20.2 Å². The van der Waals surface area contributed by atoms with Crippen LogP contribution in [0.15, 0.2) is 0 Å². The maximum Gasteiger partial charge on any atom is 0.0674 e. The number of hydrogen-bond acceptors (Lipinski definition) is 1. The summed E-state index contributed by atoms with van der Waals surface area (Å²) >= 11 is 0. The minimum atomic E-state index is -0.306. The monoisotopic (exact) mass is 126 g/mol. The Kier molecular flexibility index (Phi) is 4.17. The Labute approximate surface area is 57.1 Å². The molecule has 1 heteroatoms. The lowest BCUT2D eigenvalue weighted by Crippen LogP contribution is -2.14. The molecule has 0 saturated carbocycles. The minimum absolute atomic E-state index is 0.00458. The van der Waals surface area contributed by atoms with E-state index >= 15 is 0 Å². The first-order valence-corrected chi connectivity index (χ1v) is 3.36.